The van der Waals surface area contributed by atoms with Crippen LogP contribution in [0.5, 0.6) is 0 Å². The van der Waals surface area contributed by atoms with Crippen molar-refractivity contribution in [3.8, 4) is 0 Å². The van der Waals surface area contributed by atoms with Gasteiger partial charge in [-0.3, -0.25) is 0 Å². The Labute approximate surface area is 133 Å². The van der Waals surface area contributed by atoms with Gasteiger partial charge < -0.3 is 0 Å². The van der Waals surface area contributed by atoms with E-state index < -0.39 is 0 Å². The van der Waals surface area contributed by atoms with Crippen LogP contribution < -0.4 is 0 Å². The third-order valence-corrected chi connectivity index (χ3v) is 6.09. The monoisotopic (exact) mass is 363 g/mol. The minimum absolute atomic E-state index is 0.0312. The van der Waals surface area contributed by atoms with Crippen LogP contribution in [0.4, 0.5) is 0 Å². The summed E-state index contributed by atoms with van der Waals surface area (Å²) in [5.41, 5.74) is 4.07. The summed E-state index contributed by atoms with van der Waals surface area (Å²) < 4.78 is -0.0312. The third kappa shape index (κ3) is 2.40. The second-order valence-corrected chi connectivity index (χ2v) is 6.99. The van der Waals surface area contributed by atoms with Gasteiger partial charge in [-0.15, -0.1) is 0 Å². The fraction of sp³-hybridized carbons (Fsp3) is 0.0526. The van der Waals surface area contributed by atoms with Crippen LogP contribution in [-0.4, -0.2) is 22.5 Å². The summed E-state index contributed by atoms with van der Waals surface area (Å²) >= 11 is 1.48. The standard InChI is InChI=1S/C19H15.Sn/c1-4-10-16(11-5-1)19(17-12-6-2-7-13-17)18-14-8-3-9-15-18;/h1-15H;/q;+3. The Morgan fingerprint density at radius 3 is 0.950 bits per heavy atom. The Morgan fingerprint density at radius 1 is 0.450 bits per heavy atom. The average Bonchev–Trinajstić information content (AvgIpc) is 2.56. The minimum atomic E-state index is -0.0312. The van der Waals surface area contributed by atoms with E-state index in [2.05, 4.69) is 91.0 Å². The van der Waals surface area contributed by atoms with Gasteiger partial charge in [0.1, 0.15) is 0 Å². The predicted molar refractivity (Wildman–Crippen MR) is 85.0 cm³/mol. The Hall–Kier alpha value is -1.54. The van der Waals surface area contributed by atoms with E-state index in [1.807, 2.05) is 0 Å². The van der Waals surface area contributed by atoms with E-state index in [9.17, 15) is 0 Å². The van der Waals surface area contributed by atoms with Crippen molar-refractivity contribution in [3.63, 3.8) is 0 Å². The van der Waals surface area contributed by atoms with Crippen LogP contribution >= 0.6 is 0 Å². The third-order valence-electron chi connectivity index (χ3n) is 3.62. The molecule has 0 bridgehead atoms. The molecule has 20 heavy (non-hydrogen) atoms. The maximum atomic E-state index is 2.23. The van der Waals surface area contributed by atoms with Crippen LogP contribution in [0.25, 0.3) is 0 Å². The van der Waals surface area contributed by atoms with Crippen molar-refractivity contribution in [2.24, 2.45) is 0 Å². The van der Waals surface area contributed by atoms with E-state index in [1.54, 1.807) is 0 Å². The molecule has 3 aromatic rings. The molecule has 0 atom stereocenters. The van der Waals surface area contributed by atoms with Crippen molar-refractivity contribution in [1.82, 2.24) is 0 Å². The first-order chi connectivity index (χ1) is 9.82. The molecule has 1 heteroatoms. The van der Waals surface area contributed by atoms with Gasteiger partial charge in [0.05, 0.1) is 0 Å². The van der Waals surface area contributed by atoms with E-state index in [0.717, 1.165) is 0 Å². The molecule has 0 N–H and O–H groups in total. The van der Waals surface area contributed by atoms with Gasteiger partial charge >= 0.3 is 134 Å². The number of rotatable bonds is 3. The molecular weight excluding hydrogens is 347 g/mol. The SMILES string of the molecule is [Sn+3][C](c1ccccc1)(c1ccccc1)c1ccccc1. The molecule has 0 amide bonds. The topological polar surface area (TPSA) is 0 Å². The Balaban J connectivity index is 2.24. The van der Waals surface area contributed by atoms with Crippen LogP contribution in [0, 0.1) is 0 Å². The molecular formula is C19H15Sn+3. The molecule has 0 nitrogen and oxygen atoms in total. The fourth-order valence-corrected chi connectivity index (χ4v) is 3.99. The van der Waals surface area contributed by atoms with Crippen LogP contribution in [0.2, 0.25) is 0 Å². The number of benzene rings is 3. The molecule has 3 rings (SSSR count). The van der Waals surface area contributed by atoms with Crippen molar-refractivity contribution in [1.29, 1.82) is 0 Å². The van der Waals surface area contributed by atoms with Crippen LogP contribution in [0.15, 0.2) is 91.0 Å². The second kappa shape index (κ2) is 5.84. The normalized spacial score (nSPS) is 11.3. The quantitative estimate of drug-likeness (QED) is 0.485. The van der Waals surface area contributed by atoms with Gasteiger partial charge in [0.25, 0.3) is 0 Å². The van der Waals surface area contributed by atoms with Crippen molar-refractivity contribution < 1.29 is 0 Å². The van der Waals surface area contributed by atoms with Gasteiger partial charge in [-0.1, -0.05) is 0 Å². The van der Waals surface area contributed by atoms with Gasteiger partial charge in [-0.2, -0.15) is 0 Å². The molecule has 0 radical (unpaired) electrons. The summed E-state index contributed by atoms with van der Waals surface area (Å²) in [5, 5.41) is 0. The van der Waals surface area contributed by atoms with Gasteiger partial charge in [0.2, 0.25) is 0 Å². The molecule has 0 aliphatic rings. The first kappa shape index (κ1) is 13.4. The molecule has 0 aromatic heterocycles. The summed E-state index contributed by atoms with van der Waals surface area (Å²) in [6.45, 7) is 0. The summed E-state index contributed by atoms with van der Waals surface area (Å²) in [7, 11) is 0. The molecule has 0 aliphatic carbocycles. The Bertz CT molecular complexity index is 563. The number of hydrogen-bond donors (Lipinski definition) is 0. The Kier molecular flexibility index (Phi) is 3.92. The Morgan fingerprint density at radius 2 is 0.700 bits per heavy atom. The summed E-state index contributed by atoms with van der Waals surface area (Å²) in [6.07, 6.45) is 0. The first-order valence-electron chi connectivity index (χ1n) is 6.73. The fourth-order valence-electron chi connectivity index (χ4n) is 2.56. The molecule has 92 valence electrons. The van der Waals surface area contributed by atoms with E-state index in [1.165, 1.54) is 39.2 Å². The van der Waals surface area contributed by atoms with Crippen molar-refractivity contribution in [2.75, 3.05) is 0 Å². The molecule has 0 aliphatic heterocycles. The molecule has 0 unspecified atom stereocenters. The van der Waals surface area contributed by atoms with E-state index in [4.69, 9.17) is 0 Å². The zero-order chi connectivity index (χ0) is 13.8. The van der Waals surface area contributed by atoms with E-state index >= 15 is 0 Å². The van der Waals surface area contributed by atoms with Gasteiger partial charge in [0.15, 0.2) is 0 Å². The molecule has 0 saturated carbocycles. The molecule has 0 heterocycles. The zero-order valence-corrected chi connectivity index (χ0v) is 14.0. The molecule has 0 spiro atoms. The van der Waals surface area contributed by atoms with Gasteiger partial charge in [0, 0.05) is 0 Å². The second-order valence-electron chi connectivity index (χ2n) is 4.85. The van der Waals surface area contributed by atoms with Gasteiger partial charge in [-0.05, 0) is 0 Å². The van der Waals surface area contributed by atoms with Crippen molar-refractivity contribution in [3.05, 3.63) is 108 Å². The van der Waals surface area contributed by atoms with Crippen molar-refractivity contribution in [2.45, 2.75) is 3.43 Å². The number of hydrogen-bond acceptors (Lipinski definition) is 0. The maximum absolute atomic E-state index is 2.23. The van der Waals surface area contributed by atoms with Crippen LogP contribution in [0.3, 0.4) is 0 Å². The van der Waals surface area contributed by atoms with Gasteiger partial charge in [-0.25, -0.2) is 0 Å². The first-order valence-corrected chi connectivity index (χ1v) is 8.16. The summed E-state index contributed by atoms with van der Waals surface area (Å²) in [4.78, 5) is 0. The van der Waals surface area contributed by atoms with E-state index in [-0.39, 0.29) is 3.43 Å². The molecule has 0 fully saturated rings. The summed E-state index contributed by atoms with van der Waals surface area (Å²) in [5.74, 6) is 0. The van der Waals surface area contributed by atoms with Crippen LogP contribution in [0.1, 0.15) is 16.7 Å². The average molecular weight is 362 g/mol. The predicted octanol–water partition coefficient (Wildman–Crippen LogP) is 4.15. The van der Waals surface area contributed by atoms with Crippen LogP contribution in [-0.2, 0) is 3.43 Å². The molecule has 3 aromatic carbocycles. The molecule has 0 saturated heterocycles. The zero-order valence-electron chi connectivity index (χ0n) is 11.2. The summed E-state index contributed by atoms with van der Waals surface area (Å²) in [6, 6.07) is 32.4. The van der Waals surface area contributed by atoms with Crippen molar-refractivity contribution >= 4 is 22.5 Å². The van der Waals surface area contributed by atoms with E-state index in [0.29, 0.717) is 0 Å².